The molecule has 0 aromatic carbocycles. The second kappa shape index (κ2) is 2.50. The summed E-state index contributed by atoms with van der Waals surface area (Å²) in [6.45, 7) is 4.77. The minimum absolute atomic E-state index is 0.784. The Balaban J connectivity index is 2.04. The molecule has 2 aliphatic carbocycles. The molecule has 0 amide bonds. The summed E-state index contributed by atoms with van der Waals surface area (Å²) in [6, 6.07) is 0. The smallest absolute Gasteiger partial charge is 0.0297 e. The second-order valence-electron chi connectivity index (χ2n) is 4.71. The van der Waals surface area contributed by atoms with Gasteiger partial charge in [-0.25, -0.2) is 0 Å². The Labute approximate surface area is 70.4 Å². The van der Waals surface area contributed by atoms with Crippen LogP contribution in [-0.2, 0) is 0 Å². The van der Waals surface area contributed by atoms with Gasteiger partial charge in [-0.2, -0.15) is 0 Å². The van der Waals surface area contributed by atoms with Gasteiger partial charge in [0.15, 0.2) is 0 Å². The summed E-state index contributed by atoms with van der Waals surface area (Å²) < 4.78 is 0. The maximum absolute atomic E-state index is 2.38. The molecule has 0 bridgehead atoms. The third kappa shape index (κ3) is 1.02. The first kappa shape index (κ1) is 7.64. The van der Waals surface area contributed by atoms with Crippen LogP contribution in [-0.4, -0.2) is 0 Å². The fourth-order valence-corrected chi connectivity index (χ4v) is 3.20. The summed E-state index contributed by atoms with van der Waals surface area (Å²) in [7, 11) is 0. The zero-order chi connectivity index (χ0) is 7.90. The summed E-state index contributed by atoms with van der Waals surface area (Å²) in [5.74, 6) is 2.30. The van der Waals surface area contributed by atoms with Gasteiger partial charge < -0.3 is 0 Å². The van der Waals surface area contributed by atoms with Crippen molar-refractivity contribution in [3.8, 4) is 0 Å². The highest BCUT2D eigenvalue weighted by Crippen LogP contribution is 2.57. The van der Waals surface area contributed by atoms with Crippen molar-refractivity contribution in [2.75, 3.05) is 0 Å². The number of hydrogen-bond donors (Lipinski definition) is 0. The molecule has 0 saturated heterocycles. The lowest BCUT2D eigenvalue weighted by Gasteiger charge is -2.29. The first-order valence-corrected chi connectivity index (χ1v) is 5.29. The molecule has 11 heavy (non-hydrogen) atoms. The average Bonchev–Trinajstić information content (AvgIpc) is 2.27. The molecule has 0 spiro atoms. The van der Waals surface area contributed by atoms with E-state index in [2.05, 4.69) is 13.8 Å². The molecule has 2 aliphatic rings. The molecule has 0 heterocycles. The fraction of sp³-hybridized carbons (Fsp3) is 1.00. The van der Waals surface area contributed by atoms with E-state index in [0.29, 0.717) is 0 Å². The molecule has 2 fully saturated rings. The highest BCUT2D eigenvalue weighted by molar-refractivity contribution is 4.97. The van der Waals surface area contributed by atoms with Crippen molar-refractivity contribution >= 4 is 0 Å². The monoisotopic (exact) mass is 152 g/mol. The SMILES string of the molecule is CCC1(CC)C[C@H]2CC[C@H]2C1. The molecule has 0 heteroatoms. The van der Waals surface area contributed by atoms with E-state index in [1.165, 1.54) is 12.8 Å². The van der Waals surface area contributed by atoms with Crippen LogP contribution in [0.4, 0.5) is 0 Å². The van der Waals surface area contributed by atoms with E-state index in [9.17, 15) is 0 Å². The zero-order valence-corrected chi connectivity index (χ0v) is 7.90. The zero-order valence-electron chi connectivity index (χ0n) is 7.90. The summed E-state index contributed by atoms with van der Waals surface area (Å²) in [5.41, 5.74) is 0.784. The number of hydrogen-bond acceptors (Lipinski definition) is 0. The average molecular weight is 152 g/mol. The number of fused-ring (bicyclic) bond motifs is 1. The van der Waals surface area contributed by atoms with Crippen molar-refractivity contribution in [1.29, 1.82) is 0 Å². The van der Waals surface area contributed by atoms with Crippen LogP contribution >= 0.6 is 0 Å². The minimum atomic E-state index is 0.784. The quantitative estimate of drug-likeness (QED) is 0.567. The van der Waals surface area contributed by atoms with Gasteiger partial charge in [0.1, 0.15) is 0 Å². The lowest BCUT2D eigenvalue weighted by atomic mass is 9.77. The fourth-order valence-electron chi connectivity index (χ4n) is 3.20. The maximum atomic E-state index is 2.38. The van der Waals surface area contributed by atoms with E-state index < -0.39 is 0 Å². The van der Waals surface area contributed by atoms with Crippen molar-refractivity contribution < 1.29 is 0 Å². The van der Waals surface area contributed by atoms with E-state index in [0.717, 1.165) is 17.3 Å². The van der Waals surface area contributed by atoms with Crippen LogP contribution in [0.25, 0.3) is 0 Å². The molecular formula is C11H20. The molecule has 0 N–H and O–H groups in total. The molecule has 0 radical (unpaired) electrons. The molecular weight excluding hydrogens is 132 g/mol. The van der Waals surface area contributed by atoms with Crippen LogP contribution in [0.2, 0.25) is 0 Å². The largest absolute Gasteiger partial charge is 0.0649 e. The second-order valence-corrected chi connectivity index (χ2v) is 4.71. The van der Waals surface area contributed by atoms with Gasteiger partial charge in [-0.1, -0.05) is 26.7 Å². The first-order chi connectivity index (χ1) is 5.29. The van der Waals surface area contributed by atoms with Gasteiger partial charge >= 0.3 is 0 Å². The third-order valence-corrected chi connectivity index (χ3v) is 4.47. The van der Waals surface area contributed by atoms with Gasteiger partial charge in [-0.15, -0.1) is 0 Å². The molecule has 2 rings (SSSR count). The maximum Gasteiger partial charge on any atom is -0.0297 e. The summed E-state index contributed by atoms with van der Waals surface area (Å²) in [4.78, 5) is 0. The van der Waals surface area contributed by atoms with Crippen LogP contribution in [0.3, 0.4) is 0 Å². The molecule has 0 aliphatic heterocycles. The Morgan fingerprint density at radius 2 is 1.45 bits per heavy atom. The molecule has 64 valence electrons. The minimum Gasteiger partial charge on any atom is -0.0649 e. The Morgan fingerprint density at radius 3 is 1.73 bits per heavy atom. The normalized spacial score (nSPS) is 39.8. The molecule has 2 saturated carbocycles. The lowest BCUT2D eigenvalue weighted by molar-refractivity contribution is 0.219. The van der Waals surface area contributed by atoms with Crippen LogP contribution in [0.1, 0.15) is 52.4 Å². The van der Waals surface area contributed by atoms with E-state index >= 15 is 0 Å². The predicted octanol–water partition coefficient (Wildman–Crippen LogP) is 3.61. The van der Waals surface area contributed by atoms with E-state index in [4.69, 9.17) is 0 Å². The van der Waals surface area contributed by atoms with Gasteiger partial charge in [0, 0.05) is 0 Å². The molecule has 0 aromatic rings. The van der Waals surface area contributed by atoms with E-state index in [1.807, 2.05) is 0 Å². The Kier molecular flexibility index (Phi) is 1.74. The Bertz CT molecular complexity index is 130. The molecule has 0 aromatic heterocycles. The highest BCUT2D eigenvalue weighted by atomic mass is 14.5. The van der Waals surface area contributed by atoms with E-state index in [-0.39, 0.29) is 0 Å². The van der Waals surface area contributed by atoms with Crippen molar-refractivity contribution in [2.45, 2.75) is 52.4 Å². The third-order valence-electron chi connectivity index (χ3n) is 4.47. The van der Waals surface area contributed by atoms with Crippen molar-refractivity contribution in [1.82, 2.24) is 0 Å². The topological polar surface area (TPSA) is 0 Å². The number of rotatable bonds is 2. The lowest BCUT2D eigenvalue weighted by Crippen LogP contribution is -2.18. The van der Waals surface area contributed by atoms with Gasteiger partial charge in [0.05, 0.1) is 0 Å². The van der Waals surface area contributed by atoms with E-state index in [1.54, 1.807) is 25.7 Å². The van der Waals surface area contributed by atoms with Crippen molar-refractivity contribution in [2.24, 2.45) is 17.3 Å². The van der Waals surface area contributed by atoms with Gasteiger partial charge in [-0.05, 0) is 42.9 Å². The Morgan fingerprint density at radius 1 is 1.00 bits per heavy atom. The van der Waals surface area contributed by atoms with Crippen LogP contribution in [0, 0.1) is 17.3 Å². The van der Waals surface area contributed by atoms with Crippen molar-refractivity contribution in [3.63, 3.8) is 0 Å². The highest BCUT2D eigenvalue weighted by Gasteiger charge is 2.46. The van der Waals surface area contributed by atoms with Crippen LogP contribution in [0.5, 0.6) is 0 Å². The van der Waals surface area contributed by atoms with Crippen LogP contribution in [0.15, 0.2) is 0 Å². The molecule has 0 unspecified atom stereocenters. The first-order valence-electron chi connectivity index (χ1n) is 5.29. The van der Waals surface area contributed by atoms with Crippen molar-refractivity contribution in [3.05, 3.63) is 0 Å². The standard InChI is InChI=1S/C11H20/c1-3-11(4-2)7-9-5-6-10(9)8-11/h9-10H,3-8H2,1-2H3/t9-,10+. The van der Waals surface area contributed by atoms with Gasteiger partial charge in [-0.3, -0.25) is 0 Å². The summed E-state index contributed by atoms with van der Waals surface area (Å²) in [5, 5.41) is 0. The summed E-state index contributed by atoms with van der Waals surface area (Å²) >= 11 is 0. The summed E-state index contributed by atoms with van der Waals surface area (Å²) in [6.07, 6.45) is 9.07. The Hall–Kier alpha value is 0. The molecule has 0 nitrogen and oxygen atoms in total. The van der Waals surface area contributed by atoms with Gasteiger partial charge in [0.25, 0.3) is 0 Å². The predicted molar refractivity (Wildman–Crippen MR) is 48.5 cm³/mol. The van der Waals surface area contributed by atoms with Gasteiger partial charge in [0.2, 0.25) is 0 Å². The van der Waals surface area contributed by atoms with Crippen LogP contribution < -0.4 is 0 Å². The molecule has 2 atom stereocenters.